The summed E-state index contributed by atoms with van der Waals surface area (Å²) in [5, 5.41) is 11.3. The van der Waals surface area contributed by atoms with Gasteiger partial charge < -0.3 is 20.7 Å². The predicted octanol–water partition coefficient (Wildman–Crippen LogP) is 8.27. The van der Waals surface area contributed by atoms with E-state index in [0.717, 1.165) is 21.9 Å². The highest BCUT2D eigenvalue weighted by molar-refractivity contribution is 8.00. The maximum absolute atomic E-state index is 13.4. The predicted molar refractivity (Wildman–Crippen MR) is 187 cm³/mol. The molecule has 0 saturated heterocycles. The molecule has 232 valence electrons. The van der Waals surface area contributed by atoms with Crippen molar-refractivity contribution in [3.63, 3.8) is 0 Å². The van der Waals surface area contributed by atoms with Crippen molar-refractivity contribution < 1.29 is 19.1 Å². The van der Waals surface area contributed by atoms with Crippen LogP contribution in [0.25, 0.3) is 17.3 Å². The van der Waals surface area contributed by atoms with Gasteiger partial charge in [-0.15, -0.1) is 23.1 Å². The molecule has 46 heavy (non-hydrogen) atoms. The summed E-state index contributed by atoms with van der Waals surface area (Å²) >= 11 is 15.4. The molecule has 0 aliphatic heterocycles. The number of thioether (sulfide) groups is 1. The van der Waals surface area contributed by atoms with Crippen molar-refractivity contribution in [3.05, 3.63) is 129 Å². The number of nitrogens with zero attached hydrogens (tertiary/aromatic N) is 1. The molecule has 8 nitrogen and oxygen atoms in total. The standard InChI is InChI=1S/C34H26Cl2N4O4S2/c1-44-24-14-10-21(11-15-24)30-19-46-34(39-30)40-31(41)20-45-25-16-12-23(13-17-25)37-33(43)29(18-26-27(35)8-5-9-28(26)36)38-32(42)22-6-3-2-4-7-22/h2-19H,20H2,1H3,(H,37,43)(H,38,42)(H,39,40,41)/b29-18-. The van der Waals surface area contributed by atoms with E-state index in [1.807, 2.05) is 29.6 Å². The van der Waals surface area contributed by atoms with Gasteiger partial charge in [-0.1, -0.05) is 47.5 Å². The number of nitrogens with one attached hydrogen (secondary N) is 3. The molecule has 5 aromatic rings. The molecule has 1 aromatic heterocycles. The Labute approximate surface area is 283 Å². The number of halogens is 2. The quantitative estimate of drug-likeness (QED) is 0.0952. The molecular formula is C34H26Cl2N4O4S2. The van der Waals surface area contributed by atoms with Gasteiger partial charge in [0.2, 0.25) is 5.91 Å². The molecule has 0 saturated carbocycles. The topological polar surface area (TPSA) is 109 Å². The Balaban J connectivity index is 1.20. The summed E-state index contributed by atoms with van der Waals surface area (Å²) in [6.45, 7) is 0. The average Bonchev–Trinajstić information content (AvgIpc) is 3.54. The second-order valence-corrected chi connectivity index (χ2v) is 12.3. The molecule has 0 spiro atoms. The van der Waals surface area contributed by atoms with Gasteiger partial charge in [-0.25, -0.2) is 4.98 Å². The number of carbonyl (C=O) groups is 3. The highest BCUT2D eigenvalue weighted by Crippen LogP contribution is 2.28. The van der Waals surface area contributed by atoms with Gasteiger partial charge in [0.25, 0.3) is 11.8 Å². The summed E-state index contributed by atoms with van der Waals surface area (Å²) in [4.78, 5) is 44.2. The maximum atomic E-state index is 13.4. The number of thiazole rings is 1. The van der Waals surface area contributed by atoms with Crippen molar-refractivity contribution in [2.24, 2.45) is 0 Å². The number of ether oxygens (including phenoxy) is 1. The van der Waals surface area contributed by atoms with Gasteiger partial charge in [0.15, 0.2) is 5.13 Å². The fraction of sp³-hybridized carbons (Fsp3) is 0.0588. The lowest BCUT2D eigenvalue weighted by Crippen LogP contribution is -2.30. The summed E-state index contributed by atoms with van der Waals surface area (Å²) in [6, 6.07) is 28.0. The van der Waals surface area contributed by atoms with E-state index in [1.165, 1.54) is 29.2 Å². The van der Waals surface area contributed by atoms with E-state index in [4.69, 9.17) is 27.9 Å². The van der Waals surface area contributed by atoms with Crippen LogP contribution in [-0.4, -0.2) is 35.6 Å². The molecule has 5 rings (SSSR count). The van der Waals surface area contributed by atoms with E-state index in [9.17, 15) is 14.4 Å². The van der Waals surface area contributed by atoms with Crippen LogP contribution in [0.5, 0.6) is 5.75 Å². The Morgan fingerprint density at radius 3 is 2.24 bits per heavy atom. The number of rotatable bonds is 11. The maximum Gasteiger partial charge on any atom is 0.272 e. The summed E-state index contributed by atoms with van der Waals surface area (Å²) in [5.74, 6) is -0.310. The highest BCUT2D eigenvalue weighted by Gasteiger charge is 2.17. The minimum Gasteiger partial charge on any atom is -0.497 e. The first-order valence-electron chi connectivity index (χ1n) is 13.7. The smallest absolute Gasteiger partial charge is 0.272 e. The summed E-state index contributed by atoms with van der Waals surface area (Å²) in [5.41, 5.74) is 2.90. The van der Waals surface area contributed by atoms with Crippen molar-refractivity contribution in [2.45, 2.75) is 4.90 Å². The van der Waals surface area contributed by atoms with Gasteiger partial charge in [-0.2, -0.15) is 0 Å². The Bertz CT molecular complexity index is 1860. The van der Waals surface area contributed by atoms with Crippen LogP contribution in [0.3, 0.4) is 0 Å². The van der Waals surface area contributed by atoms with Gasteiger partial charge in [-0.3, -0.25) is 14.4 Å². The van der Waals surface area contributed by atoms with Crippen molar-refractivity contribution in [2.75, 3.05) is 23.5 Å². The molecule has 3 amide bonds. The lowest BCUT2D eigenvalue weighted by atomic mass is 10.1. The van der Waals surface area contributed by atoms with E-state index in [0.29, 0.717) is 32.0 Å². The molecular weight excluding hydrogens is 663 g/mol. The monoisotopic (exact) mass is 688 g/mol. The number of amides is 3. The van der Waals surface area contributed by atoms with Gasteiger partial charge in [0.05, 0.1) is 18.6 Å². The zero-order valence-corrected chi connectivity index (χ0v) is 27.4. The first-order chi connectivity index (χ1) is 22.3. The SMILES string of the molecule is COc1ccc(-c2csc(NC(=O)CSc3ccc(NC(=O)/C(=C/c4c(Cl)cccc4Cl)NC(=O)c4ccccc4)cc3)n2)cc1. The zero-order valence-electron chi connectivity index (χ0n) is 24.3. The molecule has 0 aliphatic rings. The Morgan fingerprint density at radius 1 is 0.870 bits per heavy atom. The number of benzene rings is 4. The normalized spacial score (nSPS) is 11.1. The molecule has 4 aromatic carbocycles. The van der Waals surface area contributed by atoms with Crippen LogP contribution in [0.4, 0.5) is 10.8 Å². The van der Waals surface area contributed by atoms with E-state index in [-0.39, 0.29) is 17.4 Å². The first-order valence-corrected chi connectivity index (χ1v) is 16.4. The molecule has 0 radical (unpaired) electrons. The zero-order chi connectivity index (χ0) is 32.5. The lowest BCUT2D eigenvalue weighted by molar-refractivity contribution is -0.114. The number of methoxy groups -OCH3 is 1. The van der Waals surface area contributed by atoms with Crippen LogP contribution in [0.2, 0.25) is 10.0 Å². The van der Waals surface area contributed by atoms with Crippen molar-refractivity contribution >= 4 is 80.9 Å². The van der Waals surface area contributed by atoms with Crippen molar-refractivity contribution in [1.82, 2.24) is 10.3 Å². The molecule has 0 atom stereocenters. The van der Waals surface area contributed by atoms with Gasteiger partial charge in [-0.05, 0) is 78.9 Å². The first kappa shape index (κ1) is 32.8. The molecule has 0 fully saturated rings. The minimum absolute atomic E-state index is 0.0451. The third-order valence-electron chi connectivity index (χ3n) is 6.44. The number of hydrogen-bond acceptors (Lipinski definition) is 7. The second-order valence-electron chi connectivity index (χ2n) is 9.60. The van der Waals surface area contributed by atoms with Crippen LogP contribution in [-0.2, 0) is 9.59 Å². The van der Waals surface area contributed by atoms with Crippen LogP contribution in [0.1, 0.15) is 15.9 Å². The number of anilines is 2. The average molecular weight is 690 g/mol. The van der Waals surface area contributed by atoms with Crippen molar-refractivity contribution in [1.29, 1.82) is 0 Å². The highest BCUT2D eigenvalue weighted by atomic mass is 35.5. The Hall–Kier alpha value is -4.61. The van der Waals surface area contributed by atoms with Gasteiger partial charge in [0.1, 0.15) is 11.4 Å². The van der Waals surface area contributed by atoms with Gasteiger partial charge >= 0.3 is 0 Å². The fourth-order valence-electron chi connectivity index (χ4n) is 4.10. The fourth-order valence-corrected chi connectivity index (χ4v) is 6.04. The molecule has 12 heteroatoms. The molecule has 3 N–H and O–H groups in total. The van der Waals surface area contributed by atoms with Crippen LogP contribution in [0.15, 0.2) is 113 Å². The molecule has 0 unspecified atom stereocenters. The lowest BCUT2D eigenvalue weighted by Gasteiger charge is -2.13. The van der Waals surface area contributed by atoms with E-state index in [2.05, 4.69) is 20.9 Å². The summed E-state index contributed by atoms with van der Waals surface area (Å²) in [6.07, 6.45) is 1.44. The number of hydrogen-bond donors (Lipinski definition) is 3. The third kappa shape index (κ3) is 8.76. The minimum atomic E-state index is -0.572. The van der Waals surface area contributed by atoms with E-state index < -0.39 is 11.8 Å². The third-order valence-corrected chi connectivity index (χ3v) is 8.86. The van der Waals surface area contributed by atoms with E-state index in [1.54, 1.807) is 79.9 Å². The molecule has 0 bridgehead atoms. The Kier molecular flexibility index (Phi) is 11.1. The van der Waals surface area contributed by atoms with E-state index >= 15 is 0 Å². The summed E-state index contributed by atoms with van der Waals surface area (Å²) < 4.78 is 5.19. The van der Waals surface area contributed by atoms with Crippen LogP contribution >= 0.6 is 46.3 Å². The molecule has 1 heterocycles. The summed E-state index contributed by atoms with van der Waals surface area (Å²) in [7, 11) is 1.61. The van der Waals surface area contributed by atoms with Crippen LogP contribution < -0.4 is 20.7 Å². The van der Waals surface area contributed by atoms with Crippen LogP contribution in [0, 0.1) is 0 Å². The number of carbonyl (C=O) groups excluding carboxylic acids is 3. The largest absolute Gasteiger partial charge is 0.497 e. The van der Waals surface area contributed by atoms with Crippen molar-refractivity contribution in [3.8, 4) is 17.0 Å². The Morgan fingerprint density at radius 2 is 1.57 bits per heavy atom. The number of aromatic nitrogens is 1. The second kappa shape index (κ2) is 15.6. The van der Waals surface area contributed by atoms with Gasteiger partial charge in [0, 0.05) is 42.7 Å². The molecule has 0 aliphatic carbocycles.